The van der Waals surface area contributed by atoms with E-state index in [4.69, 9.17) is 0 Å². The molecule has 2 heteroatoms. The zero-order valence-corrected chi connectivity index (χ0v) is 9.96. The van der Waals surface area contributed by atoms with Crippen LogP contribution >= 0.6 is 0 Å². The Morgan fingerprint density at radius 1 is 1.20 bits per heavy atom. The predicted molar refractivity (Wildman–Crippen MR) is 61.6 cm³/mol. The van der Waals surface area contributed by atoms with E-state index >= 15 is 0 Å². The van der Waals surface area contributed by atoms with Crippen molar-refractivity contribution in [3.05, 3.63) is 11.6 Å². The van der Waals surface area contributed by atoms with Crippen LogP contribution in [-0.4, -0.2) is 36.9 Å². The number of hydrogen-bond donors (Lipinski definition) is 0. The second-order valence-electron chi connectivity index (χ2n) is 5.53. The van der Waals surface area contributed by atoms with E-state index in [1.807, 2.05) is 0 Å². The number of likely N-dealkylation sites (N-methyl/N-ethyl adjacent to an activating group) is 1. The van der Waals surface area contributed by atoms with Gasteiger partial charge in [0.1, 0.15) is 6.04 Å². The molecule has 1 saturated carbocycles. The van der Waals surface area contributed by atoms with Crippen LogP contribution in [-0.2, 0) is 4.79 Å². The minimum absolute atomic E-state index is 0.410. The van der Waals surface area contributed by atoms with Crippen LogP contribution in [0, 0.1) is 0 Å². The van der Waals surface area contributed by atoms with Crippen molar-refractivity contribution in [3.63, 3.8) is 0 Å². The van der Waals surface area contributed by atoms with E-state index in [9.17, 15) is 4.79 Å². The van der Waals surface area contributed by atoms with Crippen molar-refractivity contribution in [2.45, 2.75) is 44.6 Å². The van der Waals surface area contributed by atoms with Gasteiger partial charge in [0.25, 0.3) is 0 Å². The number of allylic oxidation sites excluding steroid dienone is 1. The van der Waals surface area contributed by atoms with E-state index in [0.717, 1.165) is 29.3 Å². The average molecular weight is 208 g/mol. The van der Waals surface area contributed by atoms with Crippen molar-refractivity contribution in [1.29, 1.82) is 0 Å². The maximum Gasteiger partial charge on any atom is 0.158 e. The molecule has 1 unspecified atom stereocenters. The lowest BCUT2D eigenvalue weighted by Gasteiger charge is -2.30. The van der Waals surface area contributed by atoms with Gasteiger partial charge >= 0.3 is 0 Å². The van der Waals surface area contributed by atoms with Crippen LogP contribution in [0.3, 0.4) is 0 Å². The fraction of sp³-hybridized carbons (Fsp3) is 0.769. The molecule has 2 rings (SSSR count). The monoisotopic (exact) mass is 208 g/mol. The highest BCUT2D eigenvalue weighted by molar-refractivity contribution is 5.95. The number of nitrogens with zero attached hydrogens (tertiary/aromatic N) is 1. The first-order valence-corrected chi connectivity index (χ1v) is 6.16. The lowest BCUT2D eigenvalue weighted by molar-refractivity contribution is -0.895. The Bertz CT molecular complexity index is 291. The van der Waals surface area contributed by atoms with Crippen LogP contribution < -0.4 is 0 Å². The molecule has 1 aliphatic heterocycles. The van der Waals surface area contributed by atoms with Gasteiger partial charge in [-0.3, -0.25) is 4.79 Å². The number of carbonyl (C=O) groups excluding carboxylic acids is 1. The van der Waals surface area contributed by atoms with E-state index in [1.54, 1.807) is 0 Å². The minimum Gasteiger partial charge on any atom is -0.323 e. The summed E-state index contributed by atoms with van der Waals surface area (Å²) in [6.07, 6.45) is 8.95. The van der Waals surface area contributed by atoms with E-state index in [-0.39, 0.29) is 0 Å². The summed E-state index contributed by atoms with van der Waals surface area (Å²) >= 11 is 0. The Kier molecular flexibility index (Phi) is 2.96. The van der Waals surface area contributed by atoms with Crippen molar-refractivity contribution in [3.8, 4) is 0 Å². The van der Waals surface area contributed by atoms with Crippen LogP contribution in [0.25, 0.3) is 0 Å². The molecule has 1 heterocycles. The summed E-state index contributed by atoms with van der Waals surface area (Å²) in [5.41, 5.74) is 1.12. The van der Waals surface area contributed by atoms with Crippen LogP contribution in [0.4, 0.5) is 0 Å². The Morgan fingerprint density at radius 2 is 1.93 bits per heavy atom. The van der Waals surface area contributed by atoms with E-state index in [2.05, 4.69) is 20.2 Å². The van der Waals surface area contributed by atoms with Crippen molar-refractivity contribution in [1.82, 2.24) is 0 Å². The van der Waals surface area contributed by atoms with Crippen LogP contribution in [0.1, 0.15) is 38.5 Å². The third-order valence-electron chi connectivity index (χ3n) is 3.98. The molecule has 15 heavy (non-hydrogen) atoms. The number of hydrogen-bond acceptors (Lipinski definition) is 1. The summed E-state index contributed by atoms with van der Waals surface area (Å²) in [5.74, 6) is 0.410. The largest absolute Gasteiger partial charge is 0.323 e. The molecular formula is C13H22NO+. The van der Waals surface area contributed by atoms with Gasteiger partial charge in [-0.25, -0.2) is 0 Å². The zero-order valence-electron chi connectivity index (χ0n) is 9.96. The quantitative estimate of drug-likeness (QED) is 0.477. The Morgan fingerprint density at radius 3 is 2.53 bits per heavy atom. The molecule has 0 amide bonds. The van der Waals surface area contributed by atoms with Gasteiger partial charge in [0.2, 0.25) is 0 Å². The van der Waals surface area contributed by atoms with E-state index in [0.29, 0.717) is 11.8 Å². The molecule has 0 radical (unpaired) electrons. The van der Waals surface area contributed by atoms with Crippen LogP contribution in [0.5, 0.6) is 0 Å². The third kappa shape index (κ3) is 2.31. The SMILES string of the molecule is C[N+]1(C)CCCC1/C=C1\CCCCC1=O. The molecule has 1 aliphatic carbocycles. The Balaban J connectivity index is 2.11. The van der Waals surface area contributed by atoms with E-state index in [1.165, 1.54) is 25.8 Å². The second kappa shape index (κ2) is 4.09. The Labute approximate surface area is 92.5 Å². The summed E-state index contributed by atoms with van der Waals surface area (Å²) in [7, 11) is 4.56. The lowest BCUT2D eigenvalue weighted by Crippen LogP contribution is -2.43. The number of quaternary nitrogens is 1. The predicted octanol–water partition coefficient (Wildman–Crippen LogP) is 2.29. The van der Waals surface area contributed by atoms with Gasteiger partial charge in [-0.15, -0.1) is 0 Å². The smallest absolute Gasteiger partial charge is 0.158 e. The number of ketones is 1. The first-order chi connectivity index (χ1) is 7.09. The molecule has 2 nitrogen and oxygen atoms in total. The summed E-state index contributed by atoms with van der Waals surface area (Å²) < 4.78 is 1.07. The van der Waals surface area contributed by atoms with Crippen LogP contribution in [0.2, 0.25) is 0 Å². The van der Waals surface area contributed by atoms with Crippen molar-refractivity contribution >= 4 is 5.78 Å². The fourth-order valence-electron chi connectivity index (χ4n) is 2.82. The zero-order chi connectivity index (χ0) is 10.9. The van der Waals surface area contributed by atoms with E-state index < -0.39 is 0 Å². The van der Waals surface area contributed by atoms with Gasteiger partial charge < -0.3 is 4.48 Å². The number of likely N-dealkylation sites (tertiary alicyclic amines) is 1. The number of Topliss-reactive ketones (excluding diaryl/α,β-unsaturated/α-hetero) is 1. The van der Waals surface area contributed by atoms with Gasteiger partial charge in [-0.1, -0.05) is 0 Å². The summed E-state index contributed by atoms with van der Waals surface area (Å²) in [5, 5.41) is 0. The highest BCUT2D eigenvalue weighted by Crippen LogP contribution is 2.27. The molecular weight excluding hydrogens is 186 g/mol. The molecule has 0 aromatic carbocycles. The highest BCUT2D eigenvalue weighted by atomic mass is 16.1. The molecule has 0 N–H and O–H groups in total. The highest BCUT2D eigenvalue weighted by Gasteiger charge is 2.33. The number of carbonyl (C=O) groups is 1. The van der Waals surface area contributed by atoms with Crippen molar-refractivity contribution < 1.29 is 9.28 Å². The lowest BCUT2D eigenvalue weighted by atomic mass is 9.91. The summed E-state index contributed by atoms with van der Waals surface area (Å²) in [4.78, 5) is 11.7. The summed E-state index contributed by atoms with van der Waals surface area (Å²) in [6.45, 7) is 1.25. The standard InChI is InChI=1S/C13H22NO/c1-14(2)9-5-7-12(14)10-11-6-3-4-8-13(11)15/h10,12H,3-9H2,1-2H3/q+1/b11-10+. The minimum atomic E-state index is 0.410. The first-order valence-electron chi connectivity index (χ1n) is 6.16. The topological polar surface area (TPSA) is 17.1 Å². The molecule has 84 valence electrons. The number of rotatable bonds is 1. The fourth-order valence-corrected chi connectivity index (χ4v) is 2.82. The van der Waals surface area contributed by atoms with Gasteiger partial charge in [-0.05, 0) is 30.9 Å². The van der Waals surface area contributed by atoms with Gasteiger partial charge in [0.15, 0.2) is 5.78 Å². The van der Waals surface area contributed by atoms with Gasteiger partial charge in [-0.2, -0.15) is 0 Å². The first kappa shape index (κ1) is 10.9. The molecule has 0 aromatic rings. The third-order valence-corrected chi connectivity index (χ3v) is 3.98. The second-order valence-corrected chi connectivity index (χ2v) is 5.53. The van der Waals surface area contributed by atoms with Crippen LogP contribution in [0.15, 0.2) is 11.6 Å². The molecule has 2 fully saturated rings. The molecule has 0 spiro atoms. The Hall–Kier alpha value is -0.630. The van der Waals surface area contributed by atoms with Crippen molar-refractivity contribution in [2.75, 3.05) is 20.6 Å². The summed E-state index contributed by atoms with van der Waals surface area (Å²) in [6, 6.07) is 0.585. The maximum absolute atomic E-state index is 11.7. The normalized spacial score (nSPS) is 33.6. The molecule has 2 aliphatic rings. The van der Waals surface area contributed by atoms with Gasteiger partial charge in [0, 0.05) is 19.3 Å². The average Bonchev–Trinajstić information content (AvgIpc) is 2.50. The molecule has 0 aromatic heterocycles. The molecule has 0 bridgehead atoms. The molecule has 1 atom stereocenters. The van der Waals surface area contributed by atoms with Gasteiger partial charge in [0.05, 0.1) is 20.6 Å². The maximum atomic E-state index is 11.7. The van der Waals surface area contributed by atoms with Crippen molar-refractivity contribution in [2.24, 2.45) is 0 Å². The molecule has 1 saturated heterocycles.